The van der Waals surface area contributed by atoms with E-state index in [0.29, 0.717) is 32.5 Å². The normalized spacial score (nSPS) is 19.1. The zero-order chi connectivity index (χ0) is 20.9. The summed E-state index contributed by atoms with van der Waals surface area (Å²) in [4.78, 5) is 14.9. The average molecular weight is 405 g/mol. The SMILES string of the molecule is Cc1cc(CCN2C[C@H](O)C[C@H]2C(=O)NCc2cccc(-c3ccccc3)c2)on1. The minimum absolute atomic E-state index is 0.0505. The molecule has 1 fully saturated rings. The van der Waals surface area contributed by atoms with Gasteiger partial charge in [0.05, 0.1) is 17.8 Å². The molecule has 0 radical (unpaired) electrons. The predicted octanol–water partition coefficient (Wildman–Crippen LogP) is 2.94. The van der Waals surface area contributed by atoms with Crippen molar-refractivity contribution in [3.8, 4) is 11.1 Å². The van der Waals surface area contributed by atoms with Gasteiger partial charge in [-0.25, -0.2) is 0 Å². The highest BCUT2D eigenvalue weighted by Crippen LogP contribution is 2.21. The Kier molecular flexibility index (Phi) is 6.26. The molecule has 3 aromatic rings. The number of nitrogens with one attached hydrogen (secondary N) is 1. The topological polar surface area (TPSA) is 78.6 Å². The van der Waals surface area contributed by atoms with Gasteiger partial charge < -0.3 is 14.9 Å². The van der Waals surface area contributed by atoms with Crippen molar-refractivity contribution < 1.29 is 14.4 Å². The number of amides is 1. The Morgan fingerprint density at radius 1 is 1.17 bits per heavy atom. The second kappa shape index (κ2) is 9.24. The van der Waals surface area contributed by atoms with E-state index < -0.39 is 6.10 Å². The molecule has 0 unspecified atom stereocenters. The quantitative estimate of drug-likeness (QED) is 0.632. The molecule has 1 aromatic heterocycles. The number of benzene rings is 2. The summed E-state index contributed by atoms with van der Waals surface area (Å²) in [6, 6.07) is 19.9. The van der Waals surface area contributed by atoms with Crippen LogP contribution in [-0.4, -0.2) is 46.3 Å². The van der Waals surface area contributed by atoms with E-state index in [9.17, 15) is 9.90 Å². The number of hydrogen-bond acceptors (Lipinski definition) is 5. The summed E-state index contributed by atoms with van der Waals surface area (Å²) >= 11 is 0. The van der Waals surface area contributed by atoms with Crippen LogP contribution in [0, 0.1) is 6.92 Å². The van der Waals surface area contributed by atoms with Crippen LogP contribution in [0.1, 0.15) is 23.4 Å². The molecule has 30 heavy (non-hydrogen) atoms. The Morgan fingerprint density at radius 3 is 2.73 bits per heavy atom. The smallest absolute Gasteiger partial charge is 0.237 e. The molecule has 0 saturated carbocycles. The van der Waals surface area contributed by atoms with Crippen LogP contribution in [0.4, 0.5) is 0 Å². The fourth-order valence-electron chi connectivity index (χ4n) is 3.99. The lowest BCUT2D eigenvalue weighted by Gasteiger charge is -2.22. The zero-order valence-corrected chi connectivity index (χ0v) is 17.1. The molecule has 1 aliphatic heterocycles. The molecule has 0 spiro atoms. The van der Waals surface area contributed by atoms with Gasteiger partial charge in [0.2, 0.25) is 5.91 Å². The van der Waals surface area contributed by atoms with Crippen molar-refractivity contribution in [1.82, 2.24) is 15.4 Å². The first-order valence-corrected chi connectivity index (χ1v) is 10.3. The molecular formula is C24H27N3O3. The first kappa shape index (κ1) is 20.3. The Hall–Kier alpha value is -2.96. The van der Waals surface area contributed by atoms with E-state index in [0.717, 1.165) is 28.1 Å². The third-order valence-corrected chi connectivity index (χ3v) is 5.51. The maximum Gasteiger partial charge on any atom is 0.237 e. The van der Waals surface area contributed by atoms with Crippen LogP contribution in [0.15, 0.2) is 65.2 Å². The molecule has 1 amide bonds. The molecule has 1 aliphatic rings. The summed E-state index contributed by atoms with van der Waals surface area (Å²) in [6.07, 6.45) is 0.625. The number of β-amino-alcohol motifs (C(OH)–C–C–N with tert-alkyl or cyclic N) is 1. The van der Waals surface area contributed by atoms with Crippen LogP contribution < -0.4 is 5.32 Å². The van der Waals surface area contributed by atoms with Crippen LogP contribution >= 0.6 is 0 Å². The van der Waals surface area contributed by atoms with Crippen molar-refractivity contribution in [1.29, 1.82) is 0 Å². The number of aliphatic hydroxyl groups is 1. The van der Waals surface area contributed by atoms with Crippen molar-refractivity contribution in [2.75, 3.05) is 13.1 Å². The van der Waals surface area contributed by atoms with E-state index in [2.05, 4.69) is 34.7 Å². The number of aliphatic hydroxyl groups excluding tert-OH is 1. The minimum Gasteiger partial charge on any atom is -0.392 e. The fraction of sp³-hybridized carbons (Fsp3) is 0.333. The number of nitrogens with zero attached hydrogens (tertiary/aromatic N) is 2. The number of hydrogen-bond donors (Lipinski definition) is 2. The van der Waals surface area contributed by atoms with Crippen LogP contribution in [-0.2, 0) is 17.8 Å². The maximum absolute atomic E-state index is 12.8. The monoisotopic (exact) mass is 405 g/mol. The van der Waals surface area contributed by atoms with Crippen molar-refractivity contribution in [2.24, 2.45) is 0 Å². The van der Waals surface area contributed by atoms with Crippen molar-refractivity contribution in [2.45, 2.75) is 38.5 Å². The molecule has 2 heterocycles. The van der Waals surface area contributed by atoms with E-state index in [1.54, 1.807) is 0 Å². The van der Waals surface area contributed by atoms with Gasteiger partial charge in [0.25, 0.3) is 0 Å². The van der Waals surface area contributed by atoms with Gasteiger partial charge in [-0.2, -0.15) is 0 Å². The molecule has 1 saturated heterocycles. The largest absolute Gasteiger partial charge is 0.392 e. The summed E-state index contributed by atoms with van der Waals surface area (Å²) in [6.45, 7) is 3.48. The number of likely N-dealkylation sites (tertiary alicyclic amines) is 1. The molecule has 2 aromatic carbocycles. The lowest BCUT2D eigenvalue weighted by atomic mass is 10.0. The van der Waals surface area contributed by atoms with E-state index in [1.165, 1.54) is 0 Å². The molecule has 0 aliphatic carbocycles. The van der Waals surface area contributed by atoms with Gasteiger partial charge in [0.15, 0.2) is 0 Å². The number of aryl methyl sites for hydroxylation is 1. The van der Waals surface area contributed by atoms with Gasteiger partial charge >= 0.3 is 0 Å². The van der Waals surface area contributed by atoms with Gasteiger partial charge in [-0.15, -0.1) is 0 Å². The van der Waals surface area contributed by atoms with Gasteiger partial charge in [-0.05, 0) is 36.1 Å². The van der Waals surface area contributed by atoms with E-state index in [4.69, 9.17) is 4.52 Å². The molecule has 2 N–H and O–H groups in total. The highest BCUT2D eigenvalue weighted by atomic mass is 16.5. The Bertz CT molecular complexity index is 986. The highest BCUT2D eigenvalue weighted by molar-refractivity contribution is 5.82. The van der Waals surface area contributed by atoms with Gasteiger partial charge in [0.1, 0.15) is 5.76 Å². The number of rotatable bonds is 7. The third kappa shape index (κ3) is 4.96. The molecule has 6 heteroatoms. The van der Waals surface area contributed by atoms with E-state index in [1.807, 2.05) is 48.2 Å². The summed E-state index contributed by atoms with van der Waals surface area (Å²) in [5.74, 6) is 0.746. The van der Waals surface area contributed by atoms with Crippen molar-refractivity contribution >= 4 is 5.91 Å². The van der Waals surface area contributed by atoms with Crippen LogP contribution in [0.25, 0.3) is 11.1 Å². The number of aromatic nitrogens is 1. The molecule has 4 rings (SSSR count). The molecular weight excluding hydrogens is 378 g/mol. The molecule has 156 valence electrons. The first-order valence-electron chi connectivity index (χ1n) is 10.3. The summed E-state index contributed by atoms with van der Waals surface area (Å²) in [5.41, 5.74) is 4.17. The second-order valence-corrected chi connectivity index (χ2v) is 7.87. The van der Waals surface area contributed by atoms with Crippen LogP contribution in [0.5, 0.6) is 0 Å². The molecule has 6 nitrogen and oxygen atoms in total. The molecule has 2 atom stereocenters. The minimum atomic E-state index is -0.487. The van der Waals surface area contributed by atoms with Gasteiger partial charge in [-0.3, -0.25) is 9.69 Å². The van der Waals surface area contributed by atoms with Gasteiger partial charge in [0, 0.05) is 32.1 Å². The number of carbonyl (C=O) groups excluding carboxylic acids is 1. The predicted molar refractivity (Wildman–Crippen MR) is 115 cm³/mol. The Morgan fingerprint density at radius 2 is 1.97 bits per heavy atom. The maximum atomic E-state index is 12.8. The van der Waals surface area contributed by atoms with Crippen molar-refractivity contribution in [3.63, 3.8) is 0 Å². The summed E-state index contributed by atoms with van der Waals surface area (Å²) in [7, 11) is 0. The first-order chi connectivity index (χ1) is 14.6. The lowest BCUT2D eigenvalue weighted by Crippen LogP contribution is -2.43. The fourth-order valence-corrected chi connectivity index (χ4v) is 3.99. The van der Waals surface area contributed by atoms with E-state index in [-0.39, 0.29) is 11.9 Å². The second-order valence-electron chi connectivity index (χ2n) is 7.87. The summed E-state index contributed by atoms with van der Waals surface area (Å²) < 4.78 is 5.26. The third-order valence-electron chi connectivity index (χ3n) is 5.51. The van der Waals surface area contributed by atoms with Crippen LogP contribution in [0.3, 0.4) is 0 Å². The standard InChI is InChI=1S/C24H27N3O3/c1-17-12-22(30-26-17)10-11-27-16-21(28)14-23(27)24(29)25-15-18-6-5-9-20(13-18)19-7-3-2-4-8-19/h2-9,12-13,21,23,28H,10-11,14-16H2,1H3,(H,25,29)/t21-,23+/m1/s1. The van der Waals surface area contributed by atoms with E-state index >= 15 is 0 Å². The number of carbonyl (C=O) groups is 1. The molecule has 0 bridgehead atoms. The van der Waals surface area contributed by atoms with Crippen molar-refractivity contribution in [3.05, 3.63) is 77.7 Å². The lowest BCUT2D eigenvalue weighted by molar-refractivity contribution is -0.125. The Balaban J connectivity index is 1.35. The average Bonchev–Trinajstić information content (AvgIpc) is 3.36. The Labute approximate surface area is 176 Å². The highest BCUT2D eigenvalue weighted by Gasteiger charge is 2.35. The summed E-state index contributed by atoms with van der Waals surface area (Å²) in [5, 5.41) is 17.1. The zero-order valence-electron chi connectivity index (χ0n) is 17.1. The van der Waals surface area contributed by atoms with Crippen LogP contribution in [0.2, 0.25) is 0 Å². The van der Waals surface area contributed by atoms with Gasteiger partial charge in [-0.1, -0.05) is 53.7 Å².